The summed E-state index contributed by atoms with van der Waals surface area (Å²) in [6.45, 7) is 6.29. The minimum Gasteiger partial charge on any atom is -0.655 e. The molecule has 0 unspecified atom stereocenters. The van der Waals surface area contributed by atoms with Crippen LogP contribution in [0.2, 0.25) is 0 Å². The fourth-order valence-electron chi connectivity index (χ4n) is 3.50. The zero-order valence-corrected chi connectivity index (χ0v) is 19.7. The van der Waals surface area contributed by atoms with E-state index < -0.39 is 5.60 Å². The first-order valence-electron chi connectivity index (χ1n) is 8.46. The van der Waals surface area contributed by atoms with Crippen LogP contribution in [0.15, 0.2) is 30.3 Å². The van der Waals surface area contributed by atoms with Crippen molar-refractivity contribution in [2.24, 2.45) is 11.8 Å². The first-order valence-corrected chi connectivity index (χ1v) is 8.46. The molecule has 2 fully saturated rings. The Morgan fingerprint density at radius 3 is 2.62 bits per heavy atom. The summed E-state index contributed by atoms with van der Waals surface area (Å²) in [6.07, 6.45) is 0.909. The molecule has 0 spiro atoms. The fraction of sp³-hybridized carbons (Fsp3) is 0.579. The van der Waals surface area contributed by atoms with Gasteiger partial charge in [-0.2, -0.15) is 0 Å². The molecule has 6 nitrogen and oxygen atoms in total. The van der Waals surface area contributed by atoms with Crippen LogP contribution in [0.5, 0.6) is 0 Å². The third kappa shape index (κ3) is 6.05. The van der Waals surface area contributed by atoms with E-state index >= 15 is 0 Å². The van der Waals surface area contributed by atoms with Crippen molar-refractivity contribution in [1.82, 2.24) is 0 Å². The summed E-state index contributed by atoms with van der Waals surface area (Å²) in [4.78, 5) is 10.8. The molecule has 2 bridgehead atoms. The van der Waals surface area contributed by atoms with E-state index in [0.29, 0.717) is 18.4 Å². The number of nitrogens with one attached hydrogen (secondary N) is 1. The van der Waals surface area contributed by atoms with E-state index in [9.17, 15) is 4.79 Å². The molecule has 1 saturated heterocycles. The van der Waals surface area contributed by atoms with E-state index in [1.54, 1.807) is 7.11 Å². The molecular formula is C19H27NO5U-2. The van der Waals surface area contributed by atoms with E-state index in [1.807, 2.05) is 36.9 Å². The molecule has 144 valence electrons. The minimum absolute atomic E-state index is 0. The second-order valence-corrected chi connectivity index (χ2v) is 6.49. The smallest absolute Gasteiger partial charge is 0.302 e. The maximum Gasteiger partial charge on any atom is 0.302 e. The average Bonchev–Trinajstić information content (AvgIpc) is 3.11. The van der Waals surface area contributed by atoms with Gasteiger partial charge in [0, 0.05) is 45.1 Å². The van der Waals surface area contributed by atoms with Crippen molar-refractivity contribution in [3.63, 3.8) is 0 Å². The predicted molar refractivity (Wildman–Crippen MR) is 93.2 cm³/mol. The number of methoxy groups -OCH3 is 1. The van der Waals surface area contributed by atoms with E-state index in [4.69, 9.17) is 24.7 Å². The van der Waals surface area contributed by atoms with Gasteiger partial charge in [-0.05, 0) is 18.7 Å². The summed E-state index contributed by atoms with van der Waals surface area (Å²) >= 11 is 0. The second kappa shape index (κ2) is 11.4. The molecule has 0 radical (unpaired) electrons. The van der Waals surface area contributed by atoms with Gasteiger partial charge >= 0.3 is 5.97 Å². The quantitative estimate of drug-likeness (QED) is 0.377. The molecule has 2 aliphatic rings. The number of carbonyl (C=O) groups excluding carboxylic acids is 1. The minimum atomic E-state index is -0.440. The van der Waals surface area contributed by atoms with Crippen molar-refractivity contribution in [2.75, 3.05) is 20.4 Å². The summed E-state index contributed by atoms with van der Waals surface area (Å²) in [7, 11) is 1.68. The van der Waals surface area contributed by atoms with Crippen LogP contribution in [0.25, 0.3) is 5.73 Å². The first-order chi connectivity index (χ1) is 12.0. The summed E-state index contributed by atoms with van der Waals surface area (Å²) in [6, 6.07) is 9.85. The molecule has 0 amide bonds. The first kappa shape index (κ1) is 23.6. The number of rotatable bonds is 6. The summed E-state index contributed by atoms with van der Waals surface area (Å²) in [5.41, 5.74) is 7.41. The molecule has 4 atom stereocenters. The SMILES string of the molecule is CO[C@H]1[C@H]2[CH-]O[C@@]1(COC(C)=O)C[C@@H]2C.[NH-]COCc1ccccc1.[U]. The molecule has 0 aromatic heterocycles. The van der Waals surface area contributed by atoms with Gasteiger partial charge in [-0.1, -0.05) is 43.2 Å². The molecule has 1 aliphatic heterocycles. The van der Waals surface area contributed by atoms with Crippen molar-refractivity contribution < 1.29 is 54.9 Å². The van der Waals surface area contributed by atoms with Gasteiger partial charge in [-0.15, -0.1) is 5.92 Å². The Kier molecular flexibility index (Phi) is 10.4. The monoisotopic (exact) mass is 587 g/mol. The number of hydrogen-bond acceptors (Lipinski definition) is 5. The van der Waals surface area contributed by atoms with Crippen LogP contribution < -0.4 is 0 Å². The van der Waals surface area contributed by atoms with Crippen LogP contribution in [0.3, 0.4) is 0 Å². The molecule has 1 aliphatic carbocycles. The van der Waals surface area contributed by atoms with Gasteiger partial charge in [0.25, 0.3) is 0 Å². The van der Waals surface area contributed by atoms with Crippen molar-refractivity contribution in [3.05, 3.63) is 48.2 Å². The Bertz CT molecular complexity index is 544. The zero-order chi connectivity index (χ0) is 18.3. The Balaban J connectivity index is 0.000000270. The average molecular weight is 587 g/mol. The van der Waals surface area contributed by atoms with Crippen molar-refractivity contribution in [3.8, 4) is 0 Å². The van der Waals surface area contributed by atoms with E-state index in [2.05, 4.69) is 6.92 Å². The van der Waals surface area contributed by atoms with E-state index in [0.717, 1.165) is 12.0 Å². The van der Waals surface area contributed by atoms with Crippen LogP contribution in [0, 0.1) is 49.6 Å². The maximum atomic E-state index is 10.8. The third-order valence-electron chi connectivity index (χ3n) is 4.64. The zero-order valence-electron chi connectivity index (χ0n) is 15.6. The molecule has 1 saturated carbocycles. The van der Waals surface area contributed by atoms with Gasteiger partial charge in [0.15, 0.2) is 0 Å². The molecule has 26 heavy (non-hydrogen) atoms. The molecule has 3 rings (SSSR count). The van der Waals surface area contributed by atoms with Gasteiger partial charge in [-0.25, -0.2) is 6.61 Å². The molecular weight excluding hydrogens is 560 g/mol. The van der Waals surface area contributed by atoms with E-state index in [1.165, 1.54) is 6.92 Å². The van der Waals surface area contributed by atoms with Gasteiger partial charge in [0.05, 0.1) is 18.3 Å². The van der Waals surface area contributed by atoms with Crippen molar-refractivity contribution >= 4 is 5.97 Å². The standard InChI is InChI=1S/C11H17O4.C8H10NO.U/c1-7-4-11(6-14-8(2)12)10(13-3)9(7)5-15-11;9-7-10-6-8-4-2-1-3-5-8;/h5,7,9-10H,4,6H2,1-3H3;1-5,9H,6-7H2;/q2*-1;/t7-,9-,10-,11+;;/m0../s1. The third-order valence-corrected chi connectivity index (χ3v) is 4.64. The number of fused-ring (bicyclic) bond motifs is 2. The molecule has 1 heterocycles. The number of hydrogen-bond donors (Lipinski definition) is 0. The summed E-state index contributed by atoms with van der Waals surface area (Å²) in [5.74, 6) is 0.579. The van der Waals surface area contributed by atoms with Gasteiger partial charge in [-0.3, -0.25) is 4.79 Å². The molecule has 1 N–H and O–H groups in total. The second-order valence-electron chi connectivity index (χ2n) is 6.49. The Morgan fingerprint density at radius 1 is 1.38 bits per heavy atom. The Labute approximate surface area is 179 Å². The topological polar surface area (TPSA) is 77.8 Å². The number of carbonyl (C=O) groups is 1. The summed E-state index contributed by atoms with van der Waals surface area (Å²) in [5, 5.41) is 0. The maximum absolute atomic E-state index is 10.8. The number of ether oxygens (including phenoxy) is 4. The summed E-state index contributed by atoms with van der Waals surface area (Å²) < 4.78 is 21.0. The van der Waals surface area contributed by atoms with Gasteiger partial charge in [0.2, 0.25) is 0 Å². The van der Waals surface area contributed by atoms with Crippen LogP contribution >= 0.6 is 0 Å². The molecule has 1 aromatic rings. The van der Waals surface area contributed by atoms with Crippen LogP contribution in [0.4, 0.5) is 0 Å². The van der Waals surface area contributed by atoms with Gasteiger partial charge < -0.3 is 24.7 Å². The van der Waals surface area contributed by atoms with Crippen molar-refractivity contribution in [1.29, 1.82) is 0 Å². The van der Waals surface area contributed by atoms with Crippen LogP contribution in [0.1, 0.15) is 25.8 Å². The Morgan fingerprint density at radius 2 is 2.08 bits per heavy atom. The fourth-order valence-corrected chi connectivity index (χ4v) is 3.50. The molecule has 1 aromatic carbocycles. The van der Waals surface area contributed by atoms with Gasteiger partial charge in [0.1, 0.15) is 6.61 Å². The van der Waals surface area contributed by atoms with Crippen LogP contribution in [-0.2, 0) is 30.3 Å². The normalized spacial score (nSPS) is 28.7. The van der Waals surface area contributed by atoms with Crippen molar-refractivity contribution in [2.45, 2.75) is 38.6 Å². The van der Waals surface area contributed by atoms with E-state index in [-0.39, 0.29) is 56.5 Å². The molecule has 7 heteroatoms. The Hall–Kier alpha value is -0.418. The number of benzene rings is 1. The number of esters is 1. The largest absolute Gasteiger partial charge is 0.655 e. The van der Waals surface area contributed by atoms with Crippen LogP contribution in [-0.4, -0.2) is 38.1 Å². The predicted octanol–water partition coefficient (Wildman–Crippen LogP) is 3.36.